The Hall–Kier alpha value is -3.29. The largest absolute Gasteiger partial charge is 0.469 e. The van der Waals surface area contributed by atoms with Gasteiger partial charge in [0.15, 0.2) is 0 Å². The predicted molar refractivity (Wildman–Crippen MR) is 186 cm³/mol. The van der Waals surface area contributed by atoms with Crippen LogP contribution in [-0.2, 0) is 26.8 Å². The lowest BCUT2D eigenvalue weighted by Gasteiger charge is -2.63. The highest BCUT2D eigenvalue weighted by molar-refractivity contribution is 5.81. The Labute approximate surface area is 284 Å². The number of hydrogen-bond donors (Lipinski definition) is 2. The van der Waals surface area contributed by atoms with Crippen LogP contribution in [0.2, 0.25) is 0 Å². The number of nitrogens with one attached hydrogen (secondary N) is 2. The number of anilines is 2. The van der Waals surface area contributed by atoms with Gasteiger partial charge < -0.3 is 20.1 Å². The molecule has 2 aromatic rings. The van der Waals surface area contributed by atoms with Crippen molar-refractivity contribution in [1.29, 1.82) is 0 Å². The van der Waals surface area contributed by atoms with Crippen LogP contribution in [0.15, 0.2) is 60.3 Å². The minimum absolute atomic E-state index is 0.0151. The fourth-order valence-corrected chi connectivity index (χ4v) is 14.1. The quantitative estimate of drug-likeness (QED) is 0.298. The van der Waals surface area contributed by atoms with E-state index in [0.29, 0.717) is 18.0 Å². The summed E-state index contributed by atoms with van der Waals surface area (Å²) in [5, 5.41) is 8.00. The molecular formula is C41H48N4O3. The van der Waals surface area contributed by atoms with Gasteiger partial charge in [-0.05, 0) is 98.1 Å². The second kappa shape index (κ2) is 9.08. The minimum atomic E-state index is -0.929. The normalized spacial score (nSPS) is 43.5. The minimum Gasteiger partial charge on any atom is -0.469 e. The van der Waals surface area contributed by atoms with Gasteiger partial charge in [-0.3, -0.25) is 14.6 Å². The molecule has 11 rings (SSSR count). The van der Waals surface area contributed by atoms with E-state index in [1.807, 2.05) is 0 Å². The number of fused-ring (bicyclic) bond motifs is 3. The zero-order valence-corrected chi connectivity index (χ0v) is 28.6. The van der Waals surface area contributed by atoms with Gasteiger partial charge in [0.05, 0.1) is 17.9 Å². The van der Waals surface area contributed by atoms with E-state index in [1.54, 1.807) is 7.11 Å². The molecule has 7 aliphatic heterocycles. The van der Waals surface area contributed by atoms with Crippen LogP contribution >= 0.6 is 0 Å². The Balaban J connectivity index is 1.14. The average molecular weight is 645 g/mol. The van der Waals surface area contributed by atoms with E-state index >= 15 is 0 Å². The first-order valence-corrected chi connectivity index (χ1v) is 18.8. The van der Waals surface area contributed by atoms with Gasteiger partial charge in [0, 0.05) is 60.3 Å². The maximum Gasteiger partial charge on any atom is 0.314 e. The zero-order chi connectivity index (χ0) is 32.3. The van der Waals surface area contributed by atoms with Gasteiger partial charge in [-0.25, -0.2) is 0 Å². The molecule has 2 aliphatic carbocycles. The van der Waals surface area contributed by atoms with Crippen molar-refractivity contribution in [2.24, 2.45) is 22.7 Å². The van der Waals surface area contributed by atoms with E-state index in [9.17, 15) is 4.79 Å². The molecule has 0 radical (unpaired) electrons. The summed E-state index contributed by atoms with van der Waals surface area (Å²) in [7, 11) is 1.57. The Morgan fingerprint density at radius 2 is 1.94 bits per heavy atom. The maximum absolute atomic E-state index is 14.2. The van der Waals surface area contributed by atoms with Crippen molar-refractivity contribution in [3.05, 3.63) is 77.0 Å². The predicted octanol–water partition coefficient (Wildman–Crippen LogP) is 6.36. The number of carbonyl (C=O) groups excluding carboxylic acids is 1. The lowest BCUT2D eigenvalue weighted by atomic mass is 9.46. The van der Waals surface area contributed by atoms with Gasteiger partial charge in [0.1, 0.15) is 11.7 Å². The van der Waals surface area contributed by atoms with Crippen molar-refractivity contribution in [2.75, 3.05) is 43.9 Å². The summed E-state index contributed by atoms with van der Waals surface area (Å²) in [5.74, 6) is 0.667. The third-order valence-corrected chi connectivity index (χ3v) is 15.7. The highest BCUT2D eigenvalue weighted by atomic mass is 16.5. The number of hydrogen-bond acceptors (Lipinski definition) is 7. The summed E-state index contributed by atoms with van der Waals surface area (Å²) < 4.78 is 13.4. The Kier molecular flexibility index (Phi) is 5.40. The molecule has 48 heavy (non-hydrogen) atoms. The number of para-hydroxylation sites is 1. The van der Waals surface area contributed by atoms with Crippen LogP contribution in [0, 0.1) is 22.7 Å². The van der Waals surface area contributed by atoms with Gasteiger partial charge in [0.2, 0.25) is 5.72 Å². The Morgan fingerprint density at radius 3 is 2.79 bits per heavy atom. The van der Waals surface area contributed by atoms with Crippen LogP contribution in [0.4, 0.5) is 11.4 Å². The summed E-state index contributed by atoms with van der Waals surface area (Å²) in [4.78, 5) is 19.8. The van der Waals surface area contributed by atoms with Gasteiger partial charge >= 0.3 is 5.97 Å². The number of piperidine rings is 1. The highest BCUT2D eigenvalue weighted by Gasteiger charge is 2.81. The molecule has 2 N–H and O–H groups in total. The molecule has 6 unspecified atom stereocenters. The summed E-state index contributed by atoms with van der Waals surface area (Å²) in [6, 6.07) is 14.6. The topological polar surface area (TPSA) is 66.1 Å². The molecule has 0 aromatic heterocycles. The van der Waals surface area contributed by atoms with E-state index in [-0.39, 0.29) is 27.6 Å². The molecule has 2 aromatic carbocycles. The standard InChI is InChI=1S/C41H48N4O3/c1-4-37-13-8-17-44-19-16-39(35(37)44)28-21-25-20-26-24-45-18-9-14-38(5-2)23-29(34(46)47-3)41(48-32(25)22-31(28)42-33(39)12-15-37)40(26,36(38)45)27-10-6-7-11-30(27)43-41/h6-8,10-13,21-22,26,29,35-36,42-43H,4-5,9,14-20,23-24H2,1-3H3/t26?,29?,35?,36-,37+,38-,39?,40?,41?/m1/s1. The molecule has 3 saturated heterocycles. The molecule has 250 valence electrons. The van der Waals surface area contributed by atoms with Crippen LogP contribution in [0.5, 0.6) is 5.75 Å². The molecule has 7 nitrogen and oxygen atoms in total. The van der Waals surface area contributed by atoms with Crippen molar-refractivity contribution < 1.29 is 14.3 Å². The first kappa shape index (κ1) is 28.5. The highest BCUT2D eigenvalue weighted by Crippen LogP contribution is 2.73. The zero-order valence-electron chi connectivity index (χ0n) is 28.6. The summed E-state index contributed by atoms with van der Waals surface area (Å²) in [5.41, 5.74) is 6.74. The molecule has 0 amide bonds. The van der Waals surface area contributed by atoms with Crippen molar-refractivity contribution in [1.82, 2.24) is 9.80 Å². The first-order valence-electron chi connectivity index (χ1n) is 18.8. The van der Waals surface area contributed by atoms with Gasteiger partial charge in [0.25, 0.3) is 0 Å². The van der Waals surface area contributed by atoms with E-state index in [2.05, 4.69) is 88.9 Å². The number of esters is 1. The van der Waals surface area contributed by atoms with Gasteiger partial charge in [-0.1, -0.05) is 50.3 Å². The second-order valence-corrected chi connectivity index (χ2v) is 16.8. The van der Waals surface area contributed by atoms with Crippen LogP contribution in [-0.4, -0.2) is 66.9 Å². The average Bonchev–Trinajstić information content (AvgIpc) is 3.83. The molecular weight excluding hydrogens is 596 g/mol. The van der Waals surface area contributed by atoms with E-state index in [4.69, 9.17) is 9.47 Å². The molecule has 2 spiro atoms. The van der Waals surface area contributed by atoms with Crippen LogP contribution in [0.25, 0.3) is 0 Å². The van der Waals surface area contributed by atoms with Gasteiger partial charge in [-0.2, -0.15) is 0 Å². The molecule has 4 fully saturated rings. The molecule has 0 bridgehead atoms. The monoisotopic (exact) mass is 644 g/mol. The molecule has 1 saturated carbocycles. The number of ether oxygens (including phenoxy) is 2. The number of carbonyl (C=O) groups is 1. The van der Waals surface area contributed by atoms with Crippen LogP contribution in [0.1, 0.15) is 75.5 Å². The van der Waals surface area contributed by atoms with Crippen LogP contribution in [0.3, 0.4) is 0 Å². The lowest BCUT2D eigenvalue weighted by Crippen LogP contribution is -2.76. The molecule has 9 aliphatic rings. The lowest BCUT2D eigenvalue weighted by molar-refractivity contribution is -0.183. The maximum atomic E-state index is 14.2. The molecule has 9 atom stereocenters. The van der Waals surface area contributed by atoms with Crippen molar-refractivity contribution in [3.8, 4) is 5.75 Å². The summed E-state index contributed by atoms with van der Waals surface area (Å²) in [6.07, 6.45) is 16.0. The van der Waals surface area contributed by atoms with Crippen molar-refractivity contribution >= 4 is 17.3 Å². The number of benzene rings is 2. The fraction of sp³-hybridized carbons (Fsp3) is 0.585. The SMILES string of the molecule is CC[C@]12C=CCN3CCC4(C(=CC1)Nc1cc5c(cc14)CC1CN4CCC[C@]6(CC)CC(C(=O)OC)C7(Nc8ccccc8C17[C@H]46)O5)C32. The first-order chi connectivity index (χ1) is 23.4. The number of methoxy groups -OCH3 is 1. The third kappa shape index (κ3) is 2.91. The van der Waals surface area contributed by atoms with Crippen molar-refractivity contribution in [3.63, 3.8) is 0 Å². The second-order valence-electron chi connectivity index (χ2n) is 16.8. The van der Waals surface area contributed by atoms with Crippen molar-refractivity contribution in [2.45, 2.75) is 93.9 Å². The summed E-state index contributed by atoms with van der Waals surface area (Å²) in [6.45, 7) is 9.09. The molecule has 7 heterocycles. The third-order valence-electron chi connectivity index (χ3n) is 15.7. The summed E-state index contributed by atoms with van der Waals surface area (Å²) >= 11 is 0. The number of rotatable bonds is 3. The van der Waals surface area contributed by atoms with Crippen LogP contribution < -0.4 is 15.4 Å². The fourth-order valence-electron chi connectivity index (χ4n) is 14.1. The van der Waals surface area contributed by atoms with E-state index in [0.717, 1.165) is 82.6 Å². The van der Waals surface area contributed by atoms with E-state index < -0.39 is 11.6 Å². The smallest absolute Gasteiger partial charge is 0.314 e. The Bertz CT molecular complexity index is 1850. The van der Waals surface area contributed by atoms with E-state index in [1.165, 1.54) is 34.5 Å². The van der Waals surface area contributed by atoms with Gasteiger partial charge in [-0.15, -0.1) is 0 Å². The Morgan fingerprint density at radius 1 is 1.04 bits per heavy atom. The molecule has 7 heteroatoms. The number of allylic oxidation sites excluding steroid dienone is 1. The number of nitrogens with zero attached hydrogens (tertiary/aromatic N) is 2.